The number of alkyl halides is 2. The van der Waals surface area contributed by atoms with E-state index in [2.05, 4.69) is 4.74 Å². The Bertz CT molecular complexity index is 692. The van der Waals surface area contributed by atoms with Crippen LogP contribution in [0.3, 0.4) is 0 Å². The summed E-state index contributed by atoms with van der Waals surface area (Å²) in [7, 11) is 0. The number of ether oxygens (including phenoxy) is 1. The fourth-order valence-electron chi connectivity index (χ4n) is 1.84. The van der Waals surface area contributed by atoms with E-state index < -0.39 is 12.6 Å². The maximum Gasteiger partial charge on any atom is 0.387 e. The number of anilines is 1. The van der Waals surface area contributed by atoms with Gasteiger partial charge in [0.25, 0.3) is 0 Å². The highest BCUT2D eigenvalue weighted by Gasteiger charge is 2.18. The number of nitrogens with two attached hydrogens (primary N) is 2. The van der Waals surface area contributed by atoms with Gasteiger partial charge in [0.2, 0.25) is 0 Å². The smallest absolute Gasteiger partial charge is 0.387 e. The van der Waals surface area contributed by atoms with Gasteiger partial charge in [-0.05, 0) is 35.7 Å². The van der Waals surface area contributed by atoms with Gasteiger partial charge in [-0.15, -0.1) is 11.3 Å². The molecule has 2 rings (SSSR count). The van der Waals surface area contributed by atoms with Crippen LogP contribution in [0.15, 0.2) is 35.7 Å². The number of hydrogen-bond donors (Lipinski definition) is 3. The highest BCUT2D eigenvalue weighted by molar-refractivity contribution is 7.10. The van der Waals surface area contributed by atoms with Gasteiger partial charge in [-0.25, -0.2) is 21.5 Å². The second kappa shape index (κ2) is 7.68. The third-order valence-corrected chi connectivity index (χ3v) is 3.66. The summed E-state index contributed by atoms with van der Waals surface area (Å²) in [4.78, 5) is 12.5. The largest absolute Gasteiger partial charge is 0.434 e. The van der Waals surface area contributed by atoms with E-state index in [0.717, 1.165) is 4.88 Å². The minimum absolute atomic E-state index is 0.106. The molecule has 1 aromatic carbocycles. The molecule has 0 fully saturated rings. The first-order valence-electron chi connectivity index (χ1n) is 6.37. The quantitative estimate of drug-likeness (QED) is 0.443. The van der Waals surface area contributed by atoms with Crippen molar-refractivity contribution in [2.45, 2.75) is 6.61 Å². The predicted molar refractivity (Wildman–Crippen MR) is 85.7 cm³/mol. The standard InChI is InChI=1S/C14H14F2N4O2S/c15-13(16)22-12-5-1-4-11(20(18)14(21)19-17)10(12)7-6-9-3-2-8-23-9/h1-8,13H,17-18H2,(H,19,21)/b7-6+. The minimum Gasteiger partial charge on any atom is -0.434 e. The SMILES string of the molecule is NNC(=O)N(N)c1cccc(OC(F)F)c1/C=C/c1cccs1. The van der Waals surface area contributed by atoms with Crippen molar-refractivity contribution in [2.75, 3.05) is 5.01 Å². The Morgan fingerprint density at radius 2 is 2.09 bits per heavy atom. The zero-order chi connectivity index (χ0) is 16.8. The number of urea groups is 1. The summed E-state index contributed by atoms with van der Waals surface area (Å²) < 4.78 is 29.7. The first-order valence-corrected chi connectivity index (χ1v) is 7.25. The van der Waals surface area contributed by atoms with Crippen molar-refractivity contribution in [3.8, 4) is 5.75 Å². The van der Waals surface area contributed by atoms with Crippen LogP contribution in [0.25, 0.3) is 12.2 Å². The van der Waals surface area contributed by atoms with Crippen LogP contribution in [0, 0.1) is 0 Å². The van der Waals surface area contributed by atoms with Crippen molar-refractivity contribution in [3.63, 3.8) is 0 Å². The molecule has 0 saturated heterocycles. The molecule has 0 radical (unpaired) electrons. The predicted octanol–water partition coefficient (Wildman–Crippen LogP) is 2.78. The first kappa shape index (κ1) is 16.9. The van der Waals surface area contributed by atoms with Gasteiger partial charge in [-0.3, -0.25) is 5.43 Å². The maximum atomic E-state index is 12.6. The number of hydrazine groups is 2. The average Bonchev–Trinajstić information content (AvgIpc) is 3.04. The van der Waals surface area contributed by atoms with Crippen LogP contribution in [0.1, 0.15) is 10.4 Å². The number of nitrogens with zero attached hydrogens (tertiary/aromatic N) is 1. The Kier molecular flexibility index (Phi) is 5.63. The number of thiophene rings is 1. The monoisotopic (exact) mass is 340 g/mol. The Hall–Kier alpha value is -2.49. The number of benzene rings is 1. The Balaban J connectivity index is 2.46. The fraction of sp³-hybridized carbons (Fsp3) is 0.0714. The molecule has 0 atom stereocenters. The van der Waals surface area contributed by atoms with Gasteiger partial charge >= 0.3 is 12.6 Å². The summed E-state index contributed by atoms with van der Waals surface area (Å²) in [6.07, 6.45) is 3.25. The Labute approximate surface area is 134 Å². The van der Waals surface area contributed by atoms with E-state index in [1.54, 1.807) is 12.2 Å². The van der Waals surface area contributed by atoms with Crippen LogP contribution in [0.5, 0.6) is 5.75 Å². The van der Waals surface area contributed by atoms with E-state index in [0.29, 0.717) is 5.01 Å². The number of rotatable bonds is 5. The lowest BCUT2D eigenvalue weighted by Gasteiger charge is -2.20. The molecule has 2 aromatic rings. The normalized spacial score (nSPS) is 11.0. The average molecular weight is 340 g/mol. The minimum atomic E-state index is -3.01. The topological polar surface area (TPSA) is 93.6 Å². The Morgan fingerprint density at radius 3 is 2.70 bits per heavy atom. The van der Waals surface area contributed by atoms with Crippen molar-refractivity contribution in [2.24, 2.45) is 11.7 Å². The number of hydrogen-bond acceptors (Lipinski definition) is 5. The van der Waals surface area contributed by atoms with Crippen molar-refractivity contribution in [3.05, 3.63) is 46.2 Å². The van der Waals surface area contributed by atoms with Crippen LogP contribution in [-0.4, -0.2) is 12.6 Å². The molecular formula is C14H14F2N4O2S. The molecule has 6 nitrogen and oxygen atoms in total. The van der Waals surface area contributed by atoms with Crippen LogP contribution < -0.4 is 26.9 Å². The first-order chi connectivity index (χ1) is 11.0. The molecular weight excluding hydrogens is 326 g/mol. The fourth-order valence-corrected chi connectivity index (χ4v) is 2.46. The van der Waals surface area contributed by atoms with Gasteiger partial charge in [-0.2, -0.15) is 8.78 Å². The summed E-state index contributed by atoms with van der Waals surface area (Å²) in [6, 6.07) is 7.19. The molecule has 1 heterocycles. The van der Waals surface area contributed by atoms with E-state index in [9.17, 15) is 13.6 Å². The molecule has 23 heavy (non-hydrogen) atoms. The number of carbonyl (C=O) groups is 1. The van der Waals surface area contributed by atoms with E-state index >= 15 is 0 Å². The van der Waals surface area contributed by atoms with Gasteiger partial charge in [0.05, 0.1) is 5.69 Å². The molecule has 0 spiro atoms. The van der Waals surface area contributed by atoms with E-state index in [4.69, 9.17) is 11.7 Å². The van der Waals surface area contributed by atoms with Crippen LogP contribution in [-0.2, 0) is 0 Å². The zero-order valence-corrected chi connectivity index (χ0v) is 12.6. The molecule has 5 N–H and O–H groups in total. The molecule has 2 amide bonds. The van der Waals surface area contributed by atoms with E-state index in [1.165, 1.54) is 29.5 Å². The third-order valence-electron chi connectivity index (χ3n) is 2.82. The summed E-state index contributed by atoms with van der Waals surface area (Å²) in [5, 5.41) is 2.59. The lowest BCUT2D eigenvalue weighted by Crippen LogP contribution is -2.47. The molecule has 0 bridgehead atoms. The van der Waals surface area contributed by atoms with Gasteiger partial charge in [0.15, 0.2) is 0 Å². The molecule has 9 heteroatoms. The van der Waals surface area contributed by atoms with Crippen LogP contribution >= 0.6 is 11.3 Å². The molecule has 1 aromatic heterocycles. The van der Waals surface area contributed by atoms with Crippen LogP contribution in [0.4, 0.5) is 19.3 Å². The second-order valence-electron chi connectivity index (χ2n) is 4.24. The molecule has 0 aliphatic rings. The second-order valence-corrected chi connectivity index (χ2v) is 5.21. The van der Waals surface area contributed by atoms with Gasteiger partial charge in [0, 0.05) is 10.4 Å². The molecule has 122 valence electrons. The summed E-state index contributed by atoms with van der Waals surface area (Å²) in [6.45, 7) is -3.01. The van der Waals surface area contributed by atoms with Gasteiger partial charge < -0.3 is 4.74 Å². The van der Waals surface area contributed by atoms with E-state index in [-0.39, 0.29) is 17.0 Å². The van der Waals surface area contributed by atoms with Crippen molar-refractivity contribution >= 4 is 35.2 Å². The highest BCUT2D eigenvalue weighted by atomic mass is 32.1. The lowest BCUT2D eigenvalue weighted by molar-refractivity contribution is -0.0499. The zero-order valence-electron chi connectivity index (χ0n) is 11.8. The van der Waals surface area contributed by atoms with E-state index in [1.807, 2.05) is 22.9 Å². The molecule has 0 saturated carbocycles. The van der Waals surface area contributed by atoms with Crippen molar-refractivity contribution in [1.82, 2.24) is 5.43 Å². The molecule has 0 unspecified atom stereocenters. The summed E-state index contributed by atoms with van der Waals surface area (Å²) >= 11 is 1.47. The van der Waals surface area contributed by atoms with Crippen molar-refractivity contribution in [1.29, 1.82) is 0 Å². The third kappa shape index (κ3) is 4.25. The van der Waals surface area contributed by atoms with Crippen molar-refractivity contribution < 1.29 is 18.3 Å². The Morgan fingerprint density at radius 1 is 1.30 bits per heavy atom. The van der Waals surface area contributed by atoms with Gasteiger partial charge in [0.1, 0.15) is 5.75 Å². The highest BCUT2D eigenvalue weighted by Crippen LogP contribution is 2.32. The van der Waals surface area contributed by atoms with Crippen LogP contribution in [0.2, 0.25) is 0 Å². The molecule has 0 aliphatic heterocycles. The molecule has 0 aliphatic carbocycles. The maximum absolute atomic E-state index is 12.6. The van der Waals surface area contributed by atoms with Gasteiger partial charge in [-0.1, -0.05) is 12.1 Å². The number of halogens is 2. The lowest BCUT2D eigenvalue weighted by atomic mass is 10.1. The summed E-state index contributed by atoms with van der Waals surface area (Å²) in [5.74, 6) is 10.6. The number of nitrogens with one attached hydrogen (secondary N) is 1. The summed E-state index contributed by atoms with van der Waals surface area (Å²) in [5.41, 5.74) is 2.27. The number of carbonyl (C=O) groups excluding carboxylic acids is 1. The number of amides is 2.